The summed E-state index contributed by atoms with van der Waals surface area (Å²) in [6.07, 6.45) is 11.0. The van der Waals surface area contributed by atoms with Crippen LogP contribution in [0.25, 0.3) is 5.57 Å². The predicted octanol–water partition coefficient (Wildman–Crippen LogP) is 5.27. The molecule has 102 valence electrons. The molecule has 0 saturated heterocycles. The van der Waals surface area contributed by atoms with E-state index in [9.17, 15) is 0 Å². The van der Waals surface area contributed by atoms with Crippen molar-refractivity contribution in [2.75, 3.05) is 4.90 Å². The molecule has 1 aromatic carbocycles. The molecule has 1 aliphatic carbocycles. The number of allylic oxidation sites excluding steroid dienone is 5. The number of rotatable bonds is 1. The summed E-state index contributed by atoms with van der Waals surface area (Å²) >= 11 is 0. The fourth-order valence-corrected chi connectivity index (χ4v) is 3.15. The molecule has 0 fully saturated rings. The van der Waals surface area contributed by atoms with E-state index in [4.69, 9.17) is 0 Å². The second kappa shape index (κ2) is 4.82. The van der Waals surface area contributed by atoms with Crippen LogP contribution in [0.1, 0.15) is 36.5 Å². The summed E-state index contributed by atoms with van der Waals surface area (Å²) in [5.74, 6) is 0. The van der Waals surface area contributed by atoms with Crippen molar-refractivity contribution >= 4 is 11.3 Å². The second-order valence-corrected chi connectivity index (χ2v) is 5.53. The van der Waals surface area contributed by atoms with E-state index in [2.05, 4.69) is 68.8 Å². The highest BCUT2D eigenvalue weighted by atomic mass is 15.1. The summed E-state index contributed by atoms with van der Waals surface area (Å²) in [6, 6.07) is 4.42. The predicted molar refractivity (Wildman–Crippen MR) is 87.6 cm³/mol. The maximum absolute atomic E-state index is 4.33. The maximum atomic E-state index is 4.33. The Morgan fingerprint density at radius 2 is 2.05 bits per heavy atom. The van der Waals surface area contributed by atoms with Crippen molar-refractivity contribution in [1.29, 1.82) is 0 Å². The molecule has 1 heterocycles. The number of aryl methyl sites for hydroxylation is 1. The van der Waals surface area contributed by atoms with E-state index in [1.54, 1.807) is 0 Å². The molecule has 3 rings (SSSR count). The van der Waals surface area contributed by atoms with Crippen molar-refractivity contribution < 1.29 is 0 Å². The van der Waals surface area contributed by atoms with Crippen molar-refractivity contribution in [3.8, 4) is 0 Å². The van der Waals surface area contributed by atoms with Gasteiger partial charge in [0, 0.05) is 17.5 Å². The Morgan fingerprint density at radius 3 is 2.80 bits per heavy atom. The van der Waals surface area contributed by atoms with Crippen LogP contribution in [0.2, 0.25) is 0 Å². The molecule has 0 saturated carbocycles. The van der Waals surface area contributed by atoms with E-state index in [0.717, 1.165) is 18.5 Å². The zero-order chi connectivity index (χ0) is 14.3. The van der Waals surface area contributed by atoms with Gasteiger partial charge in [-0.05, 0) is 62.0 Å². The lowest BCUT2D eigenvalue weighted by Gasteiger charge is -2.36. The molecule has 1 aromatic rings. The first kappa shape index (κ1) is 13.0. The van der Waals surface area contributed by atoms with Crippen molar-refractivity contribution in [2.45, 2.75) is 33.6 Å². The summed E-state index contributed by atoms with van der Waals surface area (Å²) < 4.78 is 0. The van der Waals surface area contributed by atoms with E-state index >= 15 is 0 Å². The summed E-state index contributed by atoms with van der Waals surface area (Å²) in [4.78, 5) is 2.24. The number of fused-ring (bicyclic) bond motifs is 2. The van der Waals surface area contributed by atoms with E-state index < -0.39 is 0 Å². The zero-order valence-corrected chi connectivity index (χ0v) is 12.5. The molecule has 1 heteroatoms. The molecule has 1 nitrogen and oxygen atoms in total. The zero-order valence-electron chi connectivity index (χ0n) is 12.5. The highest BCUT2D eigenvalue weighted by Crippen LogP contribution is 2.45. The third-order valence-electron chi connectivity index (χ3n) is 4.35. The van der Waals surface area contributed by atoms with Gasteiger partial charge in [0.1, 0.15) is 0 Å². The highest BCUT2D eigenvalue weighted by molar-refractivity contribution is 5.94. The van der Waals surface area contributed by atoms with E-state index in [-0.39, 0.29) is 0 Å². The van der Waals surface area contributed by atoms with Gasteiger partial charge in [0.15, 0.2) is 0 Å². The minimum Gasteiger partial charge on any atom is -0.317 e. The lowest BCUT2D eigenvalue weighted by atomic mass is 9.83. The lowest BCUT2D eigenvalue weighted by Crippen LogP contribution is -2.23. The fourth-order valence-electron chi connectivity index (χ4n) is 3.15. The highest BCUT2D eigenvalue weighted by Gasteiger charge is 2.27. The van der Waals surface area contributed by atoms with Gasteiger partial charge in [-0.3, -0.25) is 0 Å². The fraction of sp³-hybridized carbons (Fsp3) is 0.263. The average Bonchev–Trinajstić information content (AvgIpc) is 2.46. The Morgan fingerprint density at radius 1 is 1.25 bits per heavy atom. The van der Waals surface area contributed by atoms with Gasteiger partial charge in [-0.1, -0.05) is 30.9 Å². The Balaban J connectivity index is 2.33. The first-order chi connectivity index (χ1) is 9.65. The summed E-state index contributed by atoms with van der Waals surface area (Å²) in [6.45, 7) is 10.8. The monoisotopic (exact) mass is 263 g/mol. The molecule has 0 amide bonds. The van der Waals surface area contributed by atoms with Crippen LogP contribution >= 0.6 is 0 Å². The number of hydrogen-bond donors (Lipinski definition) is 0. The van der Waals surface area contributed by atoms with Gasteiger partial charge in [-0.2, -0.15) is 0 Å². The smallest absolute Gasteiger partial charge is 0.0536 e. The minimum absolute atomic E-state index is 1.09. The Bertz CT molecular complexity index is 671. The number of anilines is 1. The second-order valence-electron chi connectivity index (χ2n) is 5.53. The molecule has 0 aromatic heterocycles. The number of benzene rings is 1. The molecule has 1 aliphatic heterocycles. The van der Waals surface area contributed by atoms with Crippen LogP contribution in [0.3, 0.4) is 0 Å². The SMILES string of the molecule is C=C1C2=C(C=CCC2)c2c(ccc(C)c2C)N1/C=C\C. The van der Waals surface area contributed by atoms with Crippen molar-refractivity contribution in [3.63, 3.8) is 0 Å². The molecule has 0 unspecified atom stereocenters. The molecule has 0 spiro atoms. The van der Waals surface area contributed by atoms with Gasteiger partial charge < -0.3 is 4.90 Å². The standard InChI is InChI=1S/C19H21N/c1-5-12-20-15(4)16-8-6-7-9-17(16)19-14(3)13(2)10-11-18(19)20/h5,7,9-12H,4,6,8H2,1-3H3/b12-5-. The molecule has 0 radical (unpaired) electrons. The van der Waals surface area contributed by atoms with Crippen LogP contribution in [0.5, 0.6) is 0 Å². The molecular formula is C19H21N. The van der Waals surface area contributed by atoms with Gasteiger partial charge in [0.25, 0.3) is 0 Å². The largest absolute Gasteiger partial charge is 0.317 e. The normalized spacial score (nSPS) is 17.8. The molecule has 20 heavy (non-hydrogen) atoms. The topological polar surface area (TPSA) is 3.24 Å². The molecule has 0 N–H and O–H groups in total. The van der Waals surface area contributed by atoms with E-state index in [1.807, 2.05) is 0 Å². The Kier molecular flexibility index (Phi) is 3.13. The summed E-state index contributed by atoms with van der Waals surface area (Å²) in [5.41, 5.74) is 9.25. The number of hydrogen-bond acceptors (Lipinski definition) is 1. The van der Waals surface area contributed by atoms with Crippen molar-refractivity contribution in [3.05, 3.63) is 71.1 Å². The van der Waals surface area contributed by atoms with Gasteiger partial charge in [-0.15, -0.1) is 0 Å². The van der Waals surface area contributed by atoms with Crippen LogP contribution in [-0.2, 0) is 0 Å². The Hall–Kier alpha value is -2.02. The van der Waals surface area contributed by atoms with Crippen molar-refractivity contribution in [2.24, 2.45) is 0 Å². The van der Waals surface area contributed by atoms with Crippen LogP contribution in [-0.4, -0.2) is 0 Å². The third kappa shape index (κ3) is 1.77. The molecular weight excluding hydrogens is 242 g/mol. The third-order valence-corrected chi connectivity index (χ3v) is 4.35. The van der Waals surface area contributed by atoms with E-state index in [0.29, 0.717) is 0 Å². The van der Waals surface area contributed by atoms with Crippen LogP contribution in [0, 0.1) is 13.8 Å². The molecule has 2 aliphatic rings. The van der Waals surface area contributed by atoms with E-state index in [1.165, 1.54) is 33.5 Å². The van der Waals surface area contributed by atoms with Crippen LogP contribution < -0.4 is 4.90 Å². The van der Waals surface area contributed by atoms with Crippen LogP contribution in [0.4, 0.5) is 5.69 Å². The maximum Gasteiger partial charge on any atom is 0.0536 e. The van der Waals surface area contributed by atoms with Crippen molar-refractivity contribution in [1.82, 2.24) is 0 Å². The lowest BCUT2D eigenvalue weighted by molar-refractivity contribution is 0.943. The summed E-state index contributed by atoms with van der Waals surface area (Å²) in [5, 5.41) is 0. The Labute approximate surface area is 121 Å². The molecule has 0 bridgehead atoms. The average molecular weight is 263 g/mol. The van der Waals surface area contributed by atoms with Gasteiger partial charge in [-0.25, -0.2) is 0 Å². The van der Waals surface area contributed by atoms with Crippen LogP contribution in [0.15, 0.2) is 54.4 Å². The van der Waals surface area contributed by atoms with Gasteiger partial charge >= 0.3 is 0 Å². The number of nitrogens with zero attached hydrogens (tertiary/aromatic N) is 1. The summed E-state index contributed by atoms with van der Waals surface area (Å²) in [7, 11) is 0. The van der Waals surface area contributed by atoms with Gasteiger partial charge in [0.05, 0.1) is 5.69 Å². The minimum atomic E-state index is 1.09. The molecule has 0 atom stereocenters. The first-order valence-electron chi connectivity index (χ1n) is 7.26. The quantitative estimate of drug-likeness (QED) is 0.666. The first-order valence-corrected chi connectivity index (χ1v) is 7.26. The van der Waals surface area contributed by atoms with Gasteiger partial charge in [0.2, 0.25) is 0 Å².